The third kappa shape index (κ3) is 3.13. The zero-order chi connectivity index (χ0) is 12.3. The fourth-order valence-corrected chi connectivity index (χ4v) is 2.73. The summed E-state index contributed by atoms with van der Waals surface area (Å²) < 4.78 is 6.20. The number of piperidine rings is 1. The lowest BCUT2D eigenvalue weighted by molar-refractivity contribution is 0.221. The highest BCUT2D eigenvalue weighted by Crippen LogP contribution is 2.30. The fourth-order valence-electron chi connectivity index (χ4n) is 2.25. The van der Waals surface area contributed by atoms with Crippen LogP contribution in [0.5, 0.6) is 5.75 Å². The number of methoxy groups -OCH3 is 1. The van der Waals surface area contributed by atoms with Gasteiger partial charge in [-0.3, -0.25) is 4.90 Å². The molecule has 1 aromatic carbocycles. The van der Waals surface area contributed by atoms with Crippen LogP contribution in [-0.2, 0) is 6.54 Å². The fraction of sp³-hybridized carbons (Fsp3) is 0.538. The highest BCUT2D eigenvalue weighted by Gasteiger charge is 2.14. The van der Waals surface area contributed by atoms with Crippen molar-refractivity contribution >= 4 is 21.6 Å². The molecule has 1 fully saturated rings. The topological polar surface area (TPSA) is 38.5 Å². The zero-order valence-electron chi connectivity index (χ0n) is 10.2. The van der Waals surface area contributed by atoms with Crippen molar-refractivity contribution in [2.75, 3.05) is 25.9 Å². The smallest absolute Gasteiger partial charge is 0.120 e. The van der Waals surface area contributed by atoms with Crippen LogP contribution in [0.25, 0.3) is 0 Å². The van der Waals surface area contributed by atoms with Gasteiger partial charge in [-0.1, -0.05) is 6.42 Å². The summed E-state index contributed by atoms with van der Waals surface area (Å²) in [6.07, 6.45) is 3.95. The summed E-state index contributed by atoms with van der Waals surface area (Å²) in [5, 5.41) is 0. The first-order valence-corrected chi connectivity index (χ1v) is 6.84. The van der Waals surface area contributed by atoms with E-state index in [0.717, 1.165) is 28.0 Å². The van der Waals surface area contributed by atoms with E-state index in [1.54, 1.807) is 7.11 Å². The molecular weight excluding hydrogens is 280 g/mol. The summed E-state index contributed by atoms with van der Waals surface area (Å²) in [5.74, 6) is 0.859. The van der Waals surface area contributed by atoms with Crippen LogP contribution < -0.4 is 10.5 Å². The Balaban J connectivity index is 2.15. The van der Waals surface area contributed by atoms with Crippen molar-refractivity contribution in [1.82, 2.24) is 4.90 Å². The molecule has 2 rings (SSSR count). The SMILES string of the molecule is COc1cc(Br)c(N)c(CN2CCCCC2)c1. The molecule has 0 unspecified atom stereocenters. The van der Waals surface area contributed by atoms with E-state index in [4.69, 9.17) is 10.5 Å². The van der Waals surface area contributed by atoms with Gasteiger partial charge in [-0.2, -0.15) is 0 Å². The summed E-state index contributed by atoms with van der Waals surface area (Å²) in [6.45, 7) is 3.27. The van der Waals surface area contributed by atoms with Gasteiger partial charge in [0.2, 0.25) is 0 Å². The number of anilines is 1. The number of halogens is 1. The summed E-state index contributed by atoms with van der Waals surface area (Å²) in [5.41, 5.74) is 8.08. The normalized spacial score (nSPS) is 17.1. The maximum Gasteiger partial charge on any atom is 0.120 e. The number of ether oxygens (including phenoxy) is 1. The van der Waals surface area contributed by atoms with Crippen LogP contribution in [0, 0.1) is 0 Å². The van der Waals surface area contributed by atoms with Crippen molar-refractivity contribution in [2.45, 2.75) is 25.8 Å². The number of likely N-dealkylation sites (tertiary alicyclic amines) is 1. The Morgan fingerprint density at radius 1 is 1.29 bits per heavy atom. The van der Waals surface area contributed by atoms with E-state index in [1.807, 2.05) is 12.1 Å². The number of benzene rings is 1. The quantitative estimate of drug-likeness (QED) is 0.872. The molecule has 0 amide bonds. The molecule has 1 aliphatic rings. The van der Waals surface area contributed by atoms with Gasteiger partial charge < -0.3 is 10.5 Å². The second kappa shape index (κ2) is 5.74. The van der Waals surface area contributed by atoms with E-state index in [9.17, 15) is 0 Å². The molecule has 3 nitrogen and oxygen atoms in total. The first-order valence-electron chi connectivity index (χ1n) is 6.05. The van der Waals surface area contributed by atoms with E-state index in [2.05, 4.69) is 20.8 Å². The average Bonchev–Trinajstić information content (AvgIpc) is 2.36. The van der Waals surface area contributed by atoms with Gasteiger partial charge in [-0.05, 0) is 59.6 Å². The van der Waals surface area contributed by atoms with Crippen LogP contribution in [-0.4, -0.2) is 25.1 Å². The third-order valence-electron chi connectivity index (χ3n) is 3.27. The van der Waals surface area contributed by atoms with Gasteiger partial charge in [0.1, 0.15) is 5.75 Å². The van der Waals surface area contributed by atoms with Gasteiger partial charge in [0.25, 0.3) is 0 Å². The molecule has 0 bridgehead atoms. The molecule has 0 aromatic heterocycles. The minimum absolute atomic E-state index is 0.830. The average molecular weight is 299 g/mol. The Bertz CT molecular complexity index is 389. The second-order valence-corrected chi connectivity index (χ2v) is 5.37. The number of nitrogens with zero attached hydrogens (tertiary/aromatic N) is 1. The van der Waals surface area contributed by atoms with Gasteiger partial charge >= 0.3 is 0 Å². The van der Waals surface area contributed by atoms with Crippen LogP contribution in [0.3, 0.4) is 0 Å². The Kier molecular flexibility index (Phi) is 4.29. The molecule has 2 N–H and O–H groups in total. The lowest BCUT2D eigenvalue weighted by Crippen LogP contribution is -2.29. The number of rotatable bonds is 3. The third-order valence-corrected chi connectivity index (χ3v) is 3.92. The van der Waals surface area contributed by atoms with Crippen molar-refractivity contribution in [1.29, 1.82) is 0 Å². The minimum Gasteiger partial charge on any atom is -0.497 e. The predicted molar refractivity (Wildman–Crippen MR) is 74.2 cm³/mol. The van der Waals surface area contributed by atoms with Crippen LogP contribution in [0.1, 0.15) is 24.8 Å². The first-order chi connectivity index (χ1) is 8.20. The monoisotopic (exact) mass is 298 g/mol. The highest BCUT2D eigenvalue weighted by atomic mass is 79.9. The van der Waals surface area contributed by atoms with Crippen molar-refractivity contribution in [3.63, 3.8) is 0 Å². The van der Waals surface area contributed by atoms with Crippen LogP contribution in [0.2, 0.25) is 0 Å². The van der Waals surface area contributed by atoms with Crippen molar-refractivity contribution in [2.24, 2.45) is 0 Å². The minimum atomic E-state index is 0.830. The molecule has 4 heteroatoms. The van der Waals surface area contributed by atoms with Crippen molar-refractivity contribution in [3.8, 4) is 5.75 Å². The molecule has 1 aliphatic heterocycles. The molecule has 1 heterocycles. The van der Waals surface area contributed by atoms with Crippen molar-refractivity contribution < 1.29 is 4.74 Å². The van der Waals surface area contributed by atoms with E-state index in [1.165, 1.54) is 32.4 Å². The summed E-state index contributed by atoms with van der Waals surface area (Å²) in [6, 6.07) is 3.95. The summed E-state index contributed by atoms with van der Waals surface area (Å²) in [4.78, 5) is 2.46. The Hall–Kier alpha value is -0.740. The Morgan fingerprint density at radius 3 is 2.65 bits per heavy atom. The molecule has 1 saturated heterocycles. The molecule has 94 valence electrons. The van der Waals surface area contributed by atoms with Gasteiger partial charge in [-0.15, -0.1) is 0 Å². The number of hydrogen-bond acceptors (Lipinski definition) is 3. The number of nitrogen functional groups attached to an aromatic ring is 1. The highest BCUT2D eigenvalue weighted by molar-refractivity contribution is 9.10. The Morgan fingerprint density at radius 2 is 2.00 bits per heavy atom. The van der Waals surface area contributed by atoms with E-state index >= 15 is 0 Å². The first kappa shape index (κ1) is 12.7. The number of nitrogens with two attached hydrogens (primary N) is 1. The van der Waals surface area contributed by atoms with Gasteiger partial charge in [0, 0.05) is 11.0 Å². The molecule has 17 heavy (non-hydrogen) atoms. The van der Waals surface area contributed by atoms with Crippen LogP contribution >= 0.6 is 15.9 Å². The molecule has 0 atom stereocenters. The standard InChI is InChI=1S/C13H19BrN2O/c1-17-11-7-10(13(15)12(14)8-11)9-16-5-3-2-4-6-16/h7-8H,2-6,9,15H2,1H3. The lowest BCUT2D eigenvalue weighted by atomic mass is 10.1. The predicted octanol–water partition coefficient (Wildman–Crippen LogP) is 3.03. The van der Waals surface area contributed by atoms with Crippen LogP contribution in [0.4, 0.5) is 5.69 Å². The zero-order valence-corrected chi connectivity index (χ0v) is 11.8. The number of hydrogen-bond donors (Lipinski definition) is 1. The molecule has 1 aromatic rings. The Labute approximate surface area is 111 Å². The van der Waals surface area contributed by atoms with Gasteiger partial charge in [0.05, 0.1) is 12.8 Å². The van der Waals surface area contributed by atoms with Crippen molar-refractivity contribution in [3.05, 3.63) is 22.2 Å². The van der Waals surface area contributed by atoms with Gasteiger partial charge in [-0.25, -0.2) is 0 Å². The molecule has 0 radical (unpaired) electrons. The lowest BCUT2D eigenvalue weighted by Gasteiger charge is -2.27. The maximum absolute atomic E-state index is 6.09. The summed E-state index contributed by atoms with van der Waals surface area (Å²) >= 11 is 3.48. The van der Waals surface area contributed by atoms with Gasteiger partial charge in [0.15, 0.2) is 0 Å². The molecule has 0 spiro atoms. The van der Waals surface area contributed by atoms with Crippen LogP contribution in [0.15, 0.2) is 16.6 Å². The van der Waals surface area contributed by atoms with E-state index in [0.29, 0.717) is 0 Å². The van der Waals surface area contributed by atoms with E-state index < -0.39 is 0 Å². The molecule has 0 saturated carbocycles. The maximum atomic E-state index is 6.09. The summed E-state index contributed by atoms with van der Waals surface area (Å²) in [7, 11) is 1.68. The second-order valence-electron chi connectivity index (χ2n) is 4.52. The van der Waals surface area contributed by atoms with E-state index in [-0.39, 0.29) is 0 Å². The largest absolute Gasteiger partial charge is 0.497 e. The molecular formula is C13H19BrN2O. The molecule has 0 aliphatic carbocycles.